The Balaban J connectivity index is 2.02. The highest BCUT2D eigenvalue weighted by Crippen LogP contribution is 2.18. The van der Waals surface area contributed by atoms with E-state index in [1.54, 1.807) is 19.2 Å². The Bertz CT molecular complexity index is 518. The molecule has 1 atom stereocenters. The van der Waals surface area contributed by atoms with Crippen LogP contribution in [0.1, 0.15) is 18.7 Å². The molecule has 0 aromatic carbocycles. The molecular formula is C11H17N3O3S. The van der Waals surface area contributed by atoms with Crippen LogP contribution in [0.15, 0.2) is 12.3 Å². The summed E-state index contributed by atoms with van der Waals surface area (Å²) in [5.41, 5.74) is 0. The largest absolute Gasteiger partial charge is 0.473 e. The molecule has 0 amide bonds. The Labute approximate surface area is 107 Å². The molecule has 0 aliphatic carbocycles. The second-order valence-electron chi connectivity index (χ2n) is 4.45. The average Bonchev–Trinajstić information content (AvgIpc) is 2.28. The van der Waals surface area contributed by atoms with Crippen LogP contribution in [0.25, 0.3) is 0 Å². The third-order valence-corrected chi connectivity index (χ3v) is 4.12. The summed E-state index contributed by atoms with van der Waals surface area (Å²) in [6, 6.07) is 1.69. The van der Waals surface area contributed by atoms with Crippen molar-refractivity contribution in [3.63, 3.8) is 0 Å². The van der Waals surface area contributed by atoms with Crippen molar-refractivity contribution in [2.24, 2.45) is 0 Å². The zero-order valence-corrected chi connectivity index (χ0v) is 11.4. The van der Waals surface area contributed by atoms with E-state index in [9.17, 15) is 8.42 Å². The third kappa shape index (κ3) is 3.39. The molecule has 1 saturated heterocycles. The summed E-state index contributed by atoms with van der Waals surface area (Å²) in [5.74, 6) is 1.14. The van der Waals surface area contributed by atoms with E-state index in [2.05, 4.69) is 9.97 Å². The summed E-state index contributed by atoms with van der Waals surface area (Å²) in [4.78, 5) is 8.14. The summed E-state index contributed by atoms with van der Waals surface area (Å²) < 4.78 is 30.1. The lowest BCUT2D eigenvalue weighted by Crippen LogP contribution is -2.43. The molecular weight excluding hydrogens is 254 g/mol. The molecule has 1 aliphatic rings. The van der Waals surface area contributed by atoms with Crippen LogP contribution in [0.5, 0.6) is 5.88 Å². The van der Waals surface area contributed by atoms with E-state index < -0.39 is 10.0 Å². The first-order valence-corrected chi connectivity index (χ1v) is 7.71. The van der Waals surface area contributed by atoms with Gasteiger partial charge in [-0.3, -0.25) is 0 Å². The van der Waals surface area contributed by atoms with Gasteiger partial charge in [0, 0.05) is 18.8 Å². The van der Waals surface area contributed by atoms with Gasteiger partial charge in [0.25, 0.3) is 0 Å². The number of aryl methyl sites for hydroxylation is 1. The van der Waals surface area contributed by atoms with Gasteiger partial charge >= 0.3 is 0 Å². The minimum Gasteiger partial charge on any atom is -0.473 e. The summed E-state index contributed by atoms with van der Waals surface area (Å²) in [6.45, 7) is 2.75. The fraction of sp³-hybridized carbons (Fsp3) is 0.636. The lowest BCUT2D eigenvalue weighted by atomic mass is 10.1. The first kappa shape index (κ1) is 13.2. The number of ether oxygens (including phenoxy) is 1. The molecule has 1 fully saturated rings. The van der Waals surface area contributed by atoms with Gasteiger partial charge in [-0.25, -0.2) is 13.4 Å². The van der Waals surface area contributed by atoms with Gasteiger partial charge in [-0.05, 0) is 19.8 Å². The van der Waals surface area contributed by atoms with E-state index in [1.807, 2.05) is 0 Å². The van der Waals surface area contributed by atoms with Gasteiger partial charge in [-0.2, -0.15) is 9.29 Å². The van der Waals surface area contributed by atoms with Gasteiger partial charge in [0.05, 0.1) is 12.8 Å². The van der Waals surface area contributed by atoms with Crippen molar-refractivity contribution < 1.29 is 13.2 Å². The smallest absolute Gasteiger partial charge is 0.216 e. The molecule has 2 rings (SSSR count). The predicted octanol–water partition coefficient (Wildman–Crippen LogP) is 0.588. The number of hydrogen-bond acceptors (Lipinski definition) is 5. The van der Waals surface area contributed by atoms with Crippen molar-refractivity contribution in [2.45, 2.75) is 25.9 Å². The minimum atomic E-state index is -3.14. The second-order valence-corrected chi connectivity index (χ2v) is 6.43. The number of piperidine rings is 1. The molecule has 0 bridgehead atoms. The molecule has 1 aromatic rings. The Morgan fingerprint density at radius 1 is 1.50 bits per heavy atom. The molecule has 0 radical (unpaired) electrons. The van der Waals surface area contributed by atoms with Gasteiger partial charge in [-0.15, -0.1) is 0 Å². The van der Waals surface area contributed by atoms with Crippen LogP contribution in [0, 0.1) is 6.92 Å². The minimum absolute atomic E-state index is 0.136. The first-order chi connectivity index (χ1) is 8.45. The van der Waals surface area contributed by atoms with Gasteiger partial charge in [0.2, 0.25) is 15.9 Å². The molecule has 0 saturated carbocycles. The van der Waals surface area contributed by atoms with Gasteiger partial charge in [0.1, 0.15) is 11.9 Å². The van der Waals surface area contributed by atoms with Gasteiger partial charge in [0.15, 0.2) is 0 Å². The van der Waals surface area contributed by atoms with E-state index in [0.717, 1.165) is 12.8 Å². The van der Waals surface area contributed by atoms with E-state index in [4.69, 9.17) is 4.74 Å². The summed E-state index contributed by atoms with van der Waals surface area (Å²) in [7, 11) is -3.14. The zero-order valence-electron chi connectivity index (χ0n) is 10.5. The van der Waals surface area contributed by atoms with Crippen molar-refractivity contribution in [2.75, 3.05) is 19.3 Å². The average molecular weight is 271 g/mol. The molecule has 6 nitrogen and oxygen atoms in total. The topological polar surface area (TPSA) is 72.4 Å². The number of sulfonamides is 1. The van der Waals surface area contributed by atoms with Crippen molar-refractivity contribution in [1.82, 2.24) is 14.3 Å². The molecule has 0 unspecified atom stereocenters. The second kappa shape index (κ2) is 5.19. The van der Waals surface area contributed by atoms with E-state index >= 15 is 0 Å². The quantitative estimate of drug-likeness (QED) is 0.804. The zero-order chi connectivity index (χ0) is 13.2. The summed E-state index contributed by atoms with van der Waals surface area (Å²) in [6.07, 6.45) is 4.37. The summed E-state index contributed by atoms with van der Waals surface area (Å²) in [5, 5.41) is 0. The van der Waals surface area contributed by atoms with Crippen LogP contribution < -0.4 is 4.74 Å². The SMILES string of the molecule is Cc1nccc(O[C@H]2CCCN(S(C)(=O)=O)C2)n1. The molecule has 7 heteroatoms. The monoisotopic (exact) mass is 271 g/mol. The highest BCUT2D eigenvalue weighted by atomic mass is 32.2. The number of aromatic nitrogens is 2. The fourth-order valence-corrected chi connectivity index (χ4v) is 2.87. The number of nitrogens with zero attached hydrogens (tertiary/aromatic N) is 3. The van der Waals surface area contributed by atoms with Crippen LogP contribution >= 0.6 is 0 Å². The fourth-order valence-electron chi connectivity index (χ4n) is 1.97. The van der Waals surface area contributed by atoms with E-state index in [-0.39, 0.29) is 6.10 Å². The van der Waals surface area contributed by atoms with Crippen molar-refractivity contribution in [3.8, 4) is 5.88 Å². The van der Waals surface area contributed by atoms with Crippen LogP contribution in [0.2, 0.25) is 0 Å². The standard InChI is InChI=1S/C11H17N3O3S/c1-9-12-6-5-11(13-9)17-10-4-3-7-14(8-10)18(2,15)16/h5-6,10H,3-4,7-8H2,1-2H3/t10-/m0/s1. The van der Waals surface area contributed by atoms with Crippen molar-refractivity contribution in [1.29, 1.82) is 0 Å². The predicted molar refractivity (Wildman–Crippen MR) is 66.8 cm³/mol. The molecule has 18 heavy (non-hydrogen) atoms. The van der Waals surface area contributed by atoms with Crippen molar-refractivity contribution >= 4 is 10.0 Å². The van der Waals surface area contributed by atoms with Crippen LogP contribution in [0.3, 0.4) is 0 Å². The Hall–Kier alpha value is -1.21. The number of rotatable bonds is 3. The molecule has 0 spiro atoms. The highest BCUT2D eigenvalue weighted by Gasteiger charge is 2.27. The van der Waals surface area contributed by atoms with E-state index in [1.165, 1.54) is 10.6 Å². The van der Waals surface area contributed by atoms with Crippen molar-refractivity contribution in [3.05, 3.63) is 18.1 Å². The Kier molecular flexibility index (Phi) is 3.82. The lowest BCUT2D eigenvalue weighted by Gasteiger charge is -2.30. The van der Waals surface area contributed by atoms with Crippen LogP contribution in [0.4, 0.5) is 0 Å². The van der Waals surface area contributed by atoms with E-state index in [0.29, 0.717) is 24.8 Å². The maximum Gasteiger partial charge on any atom is 0.216 e. The van der Waals surface area contributed by atoms with Gasteiger partial charge in [-0.1, -0.05) is 0 Å². The maximum atomic E-state index is 11.5. The Morgan fingerprint density at radius 2 is 2.28 bits per heavy atom. The molecule has 100 valence electrons. The molecule has 0 N–H and O–H groups in total. The molecule has 1 aromatic heterocycles. The third-order valence-electron chi connectivity index (χ3n) is 2.85. The number of hydrogen-bond donors (Lipinski definition) is 0. The first-order valence-electron chi connectivity index (χ1n) is 5.86. The van der Waals surface area contributed by atoms with Crippen LogP contribution in [-0.4, -0.2) is 48.1 Å². The lowest BCUT2D eigenvalue weighted by molar-refractivity contribution is 0.124. The molecule has 2 heterocycles. The van der Waals surface area contributed by atoms with Crippen LogP contribution in [-0.2, 0) is 10.0 Å². The summed E-state index contributed by atoms with van der Waals surface area (Å²) >= 11 is 0. The van der Waals surface area contributed by atoms with Gasteiger partial charge < -0.3 is 4.74 Å². The Morgan fingerprint density at radius 3 is 2.94 bits per heavy atom. The highest BCUT2D eigenvalue weighted by molar-refractivity contribution is 7.88. The molecule has 1 aliphatic heterocycles. The maximum absolute atomic E-state index is 11.5. The normalized spacial score (nSPS) is 21.8.